The van der Waals surface area contributed by atoms with Crippen molar-refractivity contribution in [2.45, 2.75) is 26.4 Å². The van der Waals surface area contributed by atoms with Crippen molar-refractivity contribution in [2.75, 3.05) is 19.6 Å². The van der Waals surface area contributed by atoms with Crippen LogP contribution in [0.15, 0.2) is 54.7 Å². The van der Waals surface area contributed by atoms with Gasteiger partial charge >= 0.3 is 6.18 Å². The lowest BCUT2D eigenvalue weighted by molar-refractivity contribution is -0.137. The Balaban J connectivity index is 1.64. The molecule has 3 nitrogen and oxygen atoms in total. The van der Waals surface area contributed by atoms with E-state index in [9.17, 15) is 18.0 Å². The monoisotopic (exact) mass is 426 g/mol. The van der Waals surface area contributed by atoms with Crippen molar-refractivity contribution in [3.63, 3.8) is 0 Å². The molecule has 2 aromatic carbocycles. The minimum absolute atomic E-state index is 0.0347. The molecule has 1 aromatic heterocycles. The molecule has 1 aliphatic heterocycles. The van der Waals surface area contributed by atoms with Crippen LogP contribution in [0.25, 0.3) is 16.5 Å². The predicted molar refractivity (Wildman–Crippen MR) is 117 cm³/mol. The van der Waals surface area contributed by atoms with E-state index in [4.69, 9.17) is 0 Å². The molecule has 0 saturated carbocycles. The van der Waals surface area contributed by atoms with Gasteiger partial charge in [0.15, 0.2) is 5.78 Å². The Bertz CT molecular complexity index is 1140. The fourth-order valence-corrected chi connectivity index (χ4v) is 4.17. The second-order valence-corrected chi connectivity index (χ2v) is 8.50. The first-order valence-corrected chi connectivity index (χ1v) is 10.5. The van der Waals surface area contributed by atoms with Crippen molar-refractivity contribution in [3.8, 4) is 0 Å². The van der Waals surface area contributed by atoms with Crippen molar-refractivity contribution in [1.82, 2.24) is 9.88 Å². The number of fused-ring (bicyclic) bond motifs is 1. The normalized spacial score (nSPS) is 15.5. The summed E-state index contributed by atoms with van der Waals surface area (Å²) in [5.41, 5.74) is 2.78. The van der Waals surface area contributed by atoms with Gasteiger partial charge in [0.25, 0.3) is 0 Å². The summed E-state index contributed by atoms with van der Waals surface area (Å²) in [5, 5.41) is 0.918. The zero-order chi connectivity index (χ0) is 22.2. The molecule has 1 aliphatic rings. The lowest BCUT2D eigenvalue weighted by atomic mass is 9.95. The van der Waals surface area contributed by atoms with E-state index in [-0.39, 0.29) is 5.56 Å². The summed E-state index contributed by atoms with van der Waals surface area (Å²) in [4.78, 5) is 18.6. The summed E-state index contributed by atoms with van der Waals surface area (Å²) in [7, 11) is 0. The average molecular weight is 426 g/mol. The summed E-state index contributed by atoms with van der Waals surface area (Å²) >= 11 is 0. The highest BCUT2D eigenvalue weighted by Crippen LogP contribution is 2.32. The van der Waals surface area contributed by atoms with Gasteiger partial charge < -0.3 is 4.98 Å². The zero-order valence-corrected chi connectivity index (χ0v) is 17.6. The number of halogens is 3. The number of hydrogen-bond donors (Lipinski definition) is 1. The maximum absolute atomic E-state index is 13.0. The number of hydrogen-bond acceptors (Lipinski definition) is 2. The number of carbonyl (C=O) groups excluding carboxylic acids is 1. The zero-order valence-electron chi connectivity index (χ0n) is 17.6. The van der Waals surface area contributed by atoms with Crippen molar-refractivity contribution in [3.05, 3.63) is 77.0 Å². The highest BCUT2D eigenvalue weighted by molar-refractivity contribution is 6.11. The first kappa shape index (κ1) is 21.4. The molecule has 0 fully saturated rings. The maximum atomic E-state index is 13.0. The fraction of sp³-hybridized carbons (Fsp3) is 0.320. The number of nitrogens with one attached hydrogen (secondary N) is 1. The van der Waals surface area contributed by atoms with Gasteiger partial charge in [0.1, 0.15) is 0 Å². The molecule has 0 spiro atoms. The predicted octanol–water partition coefficient (Wildman–Crippen LogP) is 6.16. The Morgan fingerprint density at radius 2 is 1.90 bits per heavy atom. The molecule has 0 saturated heterocycles. The molecule has 0 aliphatic carbocycles. The van der Waals surface area contributed by atoms with Gasteiger partial charge in [0.05, 0.1) is 5.56 Å². The standard InChI is InChI=1S/C25H25F3N2O/c1-16(2)15-30-10-8-17(9-11-30)22-14-29-23-7-6-19(13-21(22)23)24(31)18-4-3-5-20(12-18)25(26,27)28/h3-8,12-14,16,29H,9-11,15H2,1-2H3. The minimum Gasteiger partial charge on any atom is -0.361 e. The maximum Gasteiger partial charge on any atom is 0.416 e. The third-order valence-corrected chi connectivity index (χ3v) is 5.66. The second-order valence-electron chi connectivity index (χ2n) is 8.50. The smallest absolute Gasteiger partial charge is 0.361 e. The van der Waals surface area contributed by atoms with Crippen molar-refractivity contribution in [1.29, 1.82) is 0 Å². The Morgan fingerprint density at radius 3 is 2.58 bits per heavy atom. The van der Waals surface area contributed by atoms with Crippen LogP contribution in [0.3, 0.4) is 0 Å². The molecule has 6 heteroatoms. The Hall–Kier alpha value is -2.86. The van der Waals surface area contributed by atoms with E-state index < -0.39 is 17.5 Å². The third-order valence-electron chi connectivity index (χ3n) is 5.66. The molecule has 4 rings (SSSR count). The molecule has 0 atom stereocenters. The number of benzene rings is 2. The van der Waals surface area contributed by atoms with E-state index in [1.165, 1.54) is 17.7 Å². The molecule has 31 heavy (non-hydrogen) atoms. The third kappa shape index (κ3) is 4.59. The fourth-order valence-electron chi connectivity index (χ4n) is 4.17. The Labute approximate surface area is 179 Å². The van der Waals surface area contributed by atoms with E-state index in [1.54, 1.807) is 12.1 Å². The molecule has 0 amide bonds. The minimum atomic E-state index is -4.48. The summed E-state index contributed by atoms with van der Waals surface area (Å²) < 4.78 is 39.1. The van der Waals surface area contributed by atoms with Crippen LogP contribution in [0.4, 0.5) is 13.2 Å². The van der Waals surface area contributed by atoms with Crippen LogP contribution in [0.5, 0.6) is 0 Å². The number of ketones is 1. The highest BCUT2D eigenvalue weighted by atomic mass is 19.4. The molecule has 0 radical (unpaired) electrons. The second kappa shape index (κ2) is 8.35. The van der Waals surface area contributed by atoms with E-state index in [0.717, 1.165) is 54.7 Å². The molecule has 0 unspecified atom stereocenters. The summed E-state index contributed by atoms with van der Waals surface area (Å²) in [6.45, 7) is 7.36. The molecule has 162 valence electrons. The van der Waals surface area contributed by atoms with Crippen LogP contribution in [0, 0.1) is 5.92 Å². The largest absolute Gasteiger partial charge is 0.416 e. The van der Waals surface area contributed by atoms with Crippen molar-refractivity contribution in [2.24, 2.45) is 5.92 Å². The number of aromatic nitrogens is 1. The first-order valence-electron chi connectivity index (χ1n) is 10.5. The van der Waals surface area contributed by atoms with Crippen LogP contribution in [-0.4, -0.2) is 35.3 Å². The molecule has 1 N–H and O–H groups in total. The van der Waals surface area contributed by atoms with Crippen molar-refractivity contribution < 1.29 is 18.0 Å². The number of rotatable bonds is 5. The SMILES string of the molecule is CC(C)CN1CC=C(c2c[nH]c3ccc(C(=O)c4cccc(C(F)(F)F)c4)cc23)CC1. The van der Waals surface area contributed by atoms with Crippen LogP contribution in [0.2, 0.25) is 0 Å². The van der Waals surface area contributed by atoms with E-state index >= 15 is 0 Å². The van der Waals surface area contributed by atoms with Gasteiger partial charge in [-0.05, 0) is 48.2 Å². The lowest BCUT2D eigenvalue weighted by Crippen LogP contribution is -2.31. The van der Waals surface area contributed by atoms with Gasteiger partial charge in [-0.15, -0.1) is 0 Å². The number of alkyl halides is 3. The van der Waals surface area contributed by atoms with Gasteiger partial charge in [-0.2, -0.15) is 13.2 Å². The van der Waals surface area contributed by atoms with E-state index in [2.05, 4.69) is 29.8 Å². The van der Waals surface area contributed by atoms with Crippen LogP contribution < -0.4 is 0 Å². The van der Waals surface area contributed by atoms with Crippen LogP contribution in [-0.2, 0) is 6.18 Å². The quantitative estimate of drug-likeness (QED) is 0.496. The van der Waals surface area contributed by atoms with Crippen LogP contribution in [0.1, 0.15) is 47.3 Å². The number of carbonyl (C=O) groups is 1. The Kier molecular flexibility index (Phi) is 5.75. The van der Waals surface area contributed by atoms with Gasteiger partial charge in [0.2, 0.25) is 0 Å². The topological polar surface area (TPSA) is 36.1 Å². The molecule has 0 bridgehead atoms. The van der Waals surface area contributed by atoms with E-state index in [1.807, 2.05) is 12.3 Å². The number of nitrogens with zero attached hydrogens (tertiary/aromatic N) is 1. The summed E-state index contributed by atoms with van der Waals surface area (Å²) in [6, 6.07) is 9.84. The average Bonchev–Trinajstić information content (AvgIpc) is 3.16. The molecule has 3 aromatic rings. The van der Waals surface area contributed by atoms with Gasteiger partial charge in [-0.3, -0.25) is 9.69 Å². The van der Waals surface area contributed by atoms with Crippen molar-refractivity contribution >= 4 is 22.3 Å². The molecule has 2 heterocycles. The van der Waals surface area contributed by atoms with Gasteiger partial charge in [-0.1, -0.05) is 32.1 Å². The van der Waals surface area contributed by atoms with Gasteiger partial charge in [0, 0.05) is 53.4 Å². The highest BCUT2D eigenvalue weighted by Gasteiger charge is 2.31. The summed E-state index contributed by atoms with van der Waals surface area (Å²) in [5.74, 6) is 0.202. The first-order chi connectivity index (χ1) is 14.7. The van der Waals surface area contributed by atoms with Gasteiger partial charge in [-0.25, -0.2) is 0 Å². The van der Waals surface area contributed by atoms with E-state index in [0.29, 0.717) is 11.5 Å². The lowest BCUT2D eigenvalue weighted by Gasteiger charge is -2.27. The molecular weight excluding hydrogens is 401 g/mol. The number of H-pyrrole nitrogens is 1. The van der Waals surface area contributed by atoms with Crippen LogP contribution >= 0.6 is 0 Å². The summed E-state index contributed by atoms with van der Waals surface area (Å²) in [6.07, 6.45) is 0.624. The molecular formula is C25H25F3N2O. The Morgan fingerprint density at radius 1 is 1.13 bits per heavy atom. The number of aromatic amines is 1.